The maximum Gasteiger partial charge on any atom is 0.330 e. The number of ether oxygens (including phenoxy) is 1. The summed E-state index contributed by atoms with van der Waals surface area (Å²) in [4.78, 5) is 38.7. The minimum absolute atomic E-state index is 0.191. The van der Waals surface area contributed by atoms with Crippen molar-refractivity contribution < 1.29 is 23.7 Å². The van der Waals surface area contributed by atoms with E-state index in [0.717, 1.165) is 40.2 Å². The Bertz CT molecular complexity index is 1310. The molecule has 1 fully saturated rings. The Morgan fingerprint density at radius 3 is 2.85 bits per heavy atom. The van der Waals surface area contributed by atoms with Gasteiger partial charge in [-0.25, -0.2) is 14.3 Å². The Morgan fingerprint density at radius 2 is 2.09 bits per heavy atom. The second-order valence-electron chi connectivity index (χ2n) is 7.97. The van der Waals surface area contributed by atoms with Gasteiger partial charge in [0.15, 0.2) is 11.9 Å². The van der Waals surface area contributed by atoms with Crippen LogP contribution in [0.3, 0.4) is 0 Å². The Hall–Kier alpha value is -2.21. The highest BCUT2D eigenvalue weighted by Crippen LogP contribution is 2.52. The molecule has 0 aliphatic carbocycles. The van der Waals surface area contributed by atoms with E-state index in [1.165, 1.54) is 0 Å². The van der Waals surface area contributed by atoms with Crippen molar-refractivity contribution in [3.63, 3.8) is 0 Å². The van der Waals surface area contributed by atoms with E-state index < -0.39 is 42.1 Å². The topological polar surface area (TPSA) is 149 Å². The van der Waals surface area contributed by atoms with Gasteiger partial charge in [-0.1, -0.05) is 29.6 Å². The standard InChI is InChI=1S/C20H24FN4O6PS/c1-20(21)17(27)15(31-18(20)25-9-7-16(26)24-19(25)28)11-33-32(29,30)23-8-6-12-10-22-14-5-3-2-4-13(12)14/h2-5,7,9-10,15,17-18,22,27H,6,8,11H2,1H3,(H2,23,29,30)(H,24,26,28)/t15-,17-,18-,20-/m1/s1. The molecule has 1 aliphatic heterocycles. The summed E-state index contributed by atoms with van der Waals surface area (Å²) in [7, 11) is 0. The van der Waals surface area contributed by atoms with Crippen molar-refractivity contribution in [2.24, 2.45) is 0 Å². The number of aliphatic hydroxyl groups is 1. The maximum absolute atomic E-state index is 15.2. The molecule has 0 bridgehead atoms. The molecule has 2 aromatic heterocycles. The zero-order valence-corrected chi connectivity index (χ0v) is 19.3. The zero-order chi connectivity index (χ0) is 23.8. The number of aromatic amines is 2. The molecular weight excluding hydrogens is 474 g/mol. The first-order valence-electron chi connectivity index (χ1n) is 10.2. The summed E-state index contributed by atoms with van der Waals surface area (Å²) >= 11 is 0.620. The van der Waals surface area contributed by atoms with Crippen LogP contribution < -0.4 is 16.3 Å². The summed E-state index contributed by atoms with van der Waals surface area (Å²) in [5.41, 5.74) is -1.92. The lowest BCUT2D eigenvalue weighted by atomic mass is 9.99. The number of hydrogen-bond acceptors (Lipinski definition) is 6. The molecule has 5 atom stereocenters. The summed E-state index contributed by atoms with van der Waals surface area (Å²) in [5.74, 6) is -0.191. The molecule has 4 rings (SSSR count). The van der Waals surface area contributed by atoms with Gasteiger partial charge in [0.05, 0.1) is 6.10 Å². The molecule has 0 amide bonds. The average Bonchev–Trinajstić information content (AvgIpc) is 3.26. The quantitative estimate of drug-likeness (QED) is 0.295. The Labute approximate surface area is 191 Å². The smallest absolute Gasteiger partial charge is 0.330 e. The normalized spacial score (nSPS) is 27.1. The predicted molar refractivity (Wildman–Crippen MR) is 123 cm³/mol. The Balaban J connectivity index is 1.36. The minimum Gasteiger partial charge on any atom is -0.387 e. The number of rotatable bonds is 8. The van der Waals surface area contributed by atoms with Gasteiger partial charge in [0.1, 0.15) is 6.10 Å². The number of hydrogen-bond donors (Lipinski definition) is 5. The molecule has 1 saturated heterocycles. The Kier molecular flexibility index (Phi) is 6.68. The predicted octanol–water partition coefficient (Wildman–Crippen LogP) is 1.67. The van der Waals surface area contributed by atoms with Crippen molar-refractivity contribution in [1.29, 1.82) is 0 Å². The third-order valence-electron chi connectivity index (χ3n) is 5.62. The molecule has 1 unspecified atom stereocenters. The number of para-hydroxylation sites is 1. The molecule has 178 valence electrons. The third-order valence-corrected chi connectivity index (χ3v) is 8.95. The van der Waals surface area contributed by atoms with E-state index in [9.17, 15) is 24.2 Å². The number of H-pyrrole nitrogens is 2. The van der Waals surface area contributed by atoms with E-state index in [1.807, 2.05) is 35.4 Å². The molecule has 0 spiro atoms. The molecule has 13 heteroatoms. The number of benzene rings is 1. The van der Waals surface area contributed by atoms with Gasteiger partial charge in [-0.2, -0.15) is 0 Å². The average molecular weight is 498 g/mol. The van der Waals surface area contributed by atoms with Gasteiger partial charge in [-0.05, 0) is 25.0 Å². The highest BCUT2D eigenvalue weighted by molar-refractivity contribution is 8.55. The maximum atomic E-state index is 15.2. The molecule has 0 radical (unpaired) electrons. The molecule has 3 aromatic rings. The van der Waals surface area contributed by atoms with E-state index in [1.54, 1.807) is 0 Å². The van der Waals surface area contributed by atoms with Gasteiger partial charge >= 0.3 is 12.4 Å². The molecule has 1 aliphatic rings. The Morgan fingerprint density at radius 1 is 1.33 bits per heavy atom. The van der Waals surface area contributed by atoms with Crippen molar-refractivity contribution in [1.82, 2.24) is 19.6 Å². The van der Waals surface area contributed by atoms with Gasteiger partial charge in [0, 0.05) is 41.7 Å². The van der Waals surface area contributed by atoms with E-state index in [-0.39, 0.29) is 12.3 Å². The molecule has 33 heavy (non-hydrogen) atoms. The van der Waals surface area contributed by atoms with Crippen LogP contribution in [0.15, 0.2) is 52.3 Å². The number of alkyl halides is 1. The summed E-state index contributed by atoms with van der Waals surface area (Å²) in [5, 5.41) is 14.0. The molecule has 10 nitrogen and oxygen atoms in total. The van der Waals surface area contributed by atoms with Crippen LogP contribution in [0.4, 0.5) is 4.39 Å². The largest absolute Gasteiger partial charge is 0.387 e. The van der Waals surface area contributed by atoms with Crippen LogP contribution in [0.25, 0.3) is 10.9 Å². The molecule has 1 aromatic carbocycles. The SMILES string of the molecule is C[C@@]1(F)[C@H](O)[C@@H](CSP(=O)(O)NCCc2c[nH]c3ccccc23)O[C@H]1n1ccc(=O)[nH]c1=O. The van der Waals surface area contributed by atoms with Gasteiger partial charge in [-0.3, -0.25) is 18.9 Å². The first-order valence-corrected chi connectivity index (χ1v) is 13.4. The van der Waals surface area contributed by atoms with Crippen LogP contribution in [0, 0.1) is 0 Å². The first-order chi connectivity index (χ1) is 15.6. The number of nitrogens with one attached hydrogen (secondary N) is 3. The summed E-state index contributed by atoms with van der Waals surface area (Å²) in [6.45, 7) is -2.57. The van der Waals surface area contributed by atoms with Crippen LogP contribution in [0.1, 0.15) is 18.7 Å². The van der Waals surface area contributed by atoms with Crippen LogP contribution in [0.2, 0.25) is 0 Å². The molecular formula is C20H24FN4O6PS. The zero-order valence-electron chi connectivity index (χ0n) is 17.6. The fourth-order valence-corrected chi connectivity index (χ4v) is 6.54. The number of nitrogens with zero attached hydrogens (tertiary/aromatic N) is 1. The minimum atomic E-state index is -3.87. The lowest BCUT2D eigenvalue weighted by molar-refractivity contribution is -0.0468. The summed E-state index contributed by atoms with van der Waals surface area (Å²) in [6, 6.07) is 8.78. The van der Waals surface area contributed by atoms with Gasteiger partial charge < -0.3 is 19.7 Å². The lowest BCUT2D eigenvalue weighted by Gasteiger charge is -2.24. The van der Waals surface area contributed by atoms with Crippen molar-refractivity contribution >= 4 is 29.0 Å². The second kappa shape index (κ2) is 9.21. The lowest BCUT2D eigenvalue weighted by Crippen LogP contribution is -2.43. The fraction of sp³-hybridized carbons (Fsp3) is 0.400. The van der Waals surface area contributed by atoms with E-state index in [2.05, 4.69) is 10.1 Å². The van der Waals surface area contributed by atoms with E-state index >= 15 is 4.39 Å². The van der Waals surface area contributed by atoms with Crippen LogP contribution >= 0.6 is 18.1 Å². The van der Waals surface area contributed by atoms with Crippen molar-refractivity contribution in [2.45, 2.75) is 37.4 Å². The highest BCUT2D eigenvalue weighted by atomic mass is 32.7. The summed E-state index contributed by atoms with van der Waals surface area (Å²) < 4.78 is 34.1. The van der Waals surface area contributed by atoms with Crippen molar-refractivity contribution in [3.8, 4) is 0 Å². The van der Waals surface area contributed by atoms with Crippen LogP contribution in [0.5, 0.6) is 0 Å². The van der Waals surface area contributed by atoms with Crippen molar-refractivity contribution in [2.75, 3.05) is 12.3 Å². The first kappa shape index (κ1) is 23.9. The van der Waals surface area contributed by atoms with E-state index in [0.29, 0.717) is 17.8 Å². The number of aliphatic hydroxyl groups excluding tert-OH is 1. The highest BCUT2D eigenvalue weighted by Gasteiger charge is 2.55. The number of fused-ring (bicyclic) bond motifs is 1. The number of aromatic nitrogens is 3. The monoisotopic (exact) mass is 498 g/mol. The van der Waals surface area contributed by atoms with Crippen LogP contribution in [-0.2, 0) is 15.7 Å². The molecule has 5 N–H and O–H groups in total. The molecule has 0 saturated carbocycles. The summed E-state index contributed by atoms with van der Waals surface area (Å²) in [6.07, 6.45) is -0.863. The van der Waals surface area contributed by atoms with Gasteiger partial charge in [-0.15, -0.1) is 0 Å². The van der Waals surface area contributed by atoms with Gasteiger partial charge in [0.2, 0.25) is 0 Å². The fourth-order valence-electron chi connectivity index (χ4n) is 3.85. The third kappa shape index (κ3) is 5.01. The van der Waals surface area contributed by atoms with E-state index in [4.69, 9.17) is 4.74 Å². The van der Waals surface area contributed by atoms with Crippen LogP contribution in [-0.4, -0.2) is 54.7 Å². The van der Waals surface area contributed by atoms with Gasteiger partial charge in [0.25, 0.3) is 5.56 Å². The number of halogens is 1. The van der Waals surface area contributed by atoms with Crippen molar-refractivity contribution in [3.05, 3.63) is 69.1 Å². The molecule has 3 heterocycles. The second-order valence-corrected chi connectivity index (χ2v) is 12.2.